The summed E-state index contributed by atoms with van der Waals surface area (Å²) < 4.78 is 12.8. The number of rotatable bonds is 7. The summed E-state index contributed by atoms with van der Waals surface area (Å²) in [4.78, 5) is 24.7. The Morgan fingerprint density at radius 1 is 1.25 bits per heavy atom. The van der Waals surface area contributed by atoms with E-state index in [0.29, 0.717) is 19.6 Å². The zero-order chi connectivity index (χ0) is 15.0. The Balaban J connectivity index is 2.50. The highest BCUT2D eigenvalue weighted by Gasteiger charge is 2.11. The zero-order valence-corrected chi connectivity index (χ0v) is 12.0. The summed E-state index contributed by atoms with van der Waals surface area (Å²) in [7, 11) is 0. The largest absolute Gasteiger partial charge is 0.356 e. The quantitative estimate of drug-likeness (QED) is 0.831. The van der Waals surface area contributed by atoms with Crippen LogP contribution in [0, 0.1) is 5.82 Å². The summed E-state index contributed by atoms with van der Waals surface area (Å²) in [5, 5.41) is 2.77. The number of carbonyl (C=O) groups is 2. The molecule has 0 aromatic heterocycles. The molecule has 0 aliphatic rings. The van der Waals surface area contributed by atoms with Gasteiger partial charge in [0, 0.05) is 33.0 Å². The molecule has 0 saturated heterocycles. The number of nitrogens with one attached hydrogen (secondary N) is 1. The molecule has 0 heterocycles. The summed E-state index contributed by atoms with van der Waals surface area (Å²) in [6, 6.07) is 6.01. The van der Waals surface area contributed by atoms with Crippen LogP contribution >= 0.6 is 0 Å². The van der Waals surface area contributed by atoms with Crippen LogP contribution in [0.1, 0.15) is 32.3 Å². The Kier molecular flexibility index (Phi) is 6.70. The van der Waals surface area contributed by atoms with E-state index < -0.39 is 0 Å². The van der Waals surface area contributed by atoms with Crippen molar-refractivity contribution < 1.29 is 14.0 Å². The lowest BCUT2D eigenvalue weighted by Crippen LogP contribution is -2.33. The molecule has 0 unspecified atom stereocenters. The maximum absolute atomic E-state index is 12.8. The van der Waals surface area contributed by atoms with E-state index in [9.17, 15) is 14.0 Å². The van der Waals surface area contributed by atoms with Gasteiger partial charge in [0.1, 0.15) is 5.82 Å². The third-order valence-corrected chi connectivity index (χ3v) is 2.91. The number of nitrogens with zero attached hydrogens (tertiary/aromatic N) is 1. The van der Waals surface area contributed by atoms with Gasteiger partial charge in [0.2, 0.25) is 11.8 Å². The summed E-state index contributed by atoms with van der Waals surface area (Å²) in [5.74, 6) is -0.461. The Hall–Kier alpha value is -1.91. The van der Waals surface area contributed by atoms with Crippen LogP contribution in [-0.4, -0.2) is 29.8 Å². The third-order valence-electron chi connectivity index (χ3n) is 2.91. The van der Waals surface area contributed by atoms with Crippen LogP contribution in [0.3, 0.4) is 0 Å². The van der Waals surface area contributed by atoms with Gasteiger partial charge in [-0.3, -0.25) is 9.59 Å². The van der Waals surface area contributed by atoms with E-state index in [4.69, 9.17) is 0 Å². The average Bonchev–Trinajstić information content (AvgIpc) is 2.42. The SMILES string of the molecule is CCCNC(=O)CCN(Cc1ccc(F)cc1)C(C)=O. The number of amides is 2. The molecule has 1 aromatic carbocycles. The second-order valence-electron chi connectivity index (χ2n) is 4.67. The van der Waals surface area contributed by atoms with Crippen LogP contribution in [-0.2, 0) is 16.1 Å². The van der Waals surface area contributed by atoms with Crippen molar-refractivity contribution in [1.82, 2.24) is 10.2 Å². The molecular formula is C15H21FN2O2. The van der Waals surface area contributed by atoms with Crippen molar-refractivity contribution in [3.05, 3.63) is 35.6 Å². The van der Waals surface area contributed by atoms with Gasteiger partial charge in [-0.2, -0.15) is 0 Å². The second kappa shape index (κ2) is 8.30. The monoisotopic (exact) mass is 280 g/mol. The van der Waals surface area contributed by atoms with Crippen LogP contribution in [0.25, 0.3) is 0 Å². The van der Waals surface area contributed by atoms with Crippen LogP contribution in [0.2, 0.25) is 0 Å². The summed E-state index contributed by atoms with van der Waals surface area (Å²) in [5.41, 5.74) is 0.843. The molecule has 2 amide bonds. The first-order valence-electron chi connectivity index (χ1n) is 6.79. The van der Waals surface area contributed by atoms with Crippen molar-refractivity contribution in [3.63, 3.8) is 0 Å². The minimum atomic E-state index is -0.304. The zero-order valence-electron chi connectivity index (χ0n) is 12.0. The van der Waals surface area contributed by atoms with Gasteiger partial charge < -0.3 is 10.2 Å². The van der Waals surface area contributed by atoms with Crippen molar-refractivity contribution in [1.29, 1.82) is 0 Å². The van der Waals surface area contributed by atoms with E-state index in [2.05, 4.69) is 5.32 Å². The summed E-state index contributed by atoms with van der Waals surface area (Å²) in [6.45, 7) is 4.85. The van der Waals surface area contributed by atoms with E-state index in [1.165, 1.54) is 19.1 Å². The van der Waals surface area contributed by atoms with Gasteiger partial charge in [-0.05, 0) is 24.1 Å². The molecule has 110 valence electrons. The smallest absolute Gasteiger partial charge is 0.221 e. The molecule has 20 heavy (non-hydrogen) atoms. The minimum Gasteiger partial charge on any atom is -0.356 e. The highest BCUT2D eigenvalue weighted by molar-refractivity contribution is 5.77. The molecule has 0 bridgehead atoms. The van der Waals surface area contributed by atoms with Crippen LogP contribution in [0.4, 0.5) is 4.39 Å². The Bertz CT molecular complexity index is 446. The van der Waals surface area contributed by atoms with Crippen molar-refractivity contribution >= 4 is 11.8 Å². The number of benzene rings is 1. The first kappa shape index (κ1) is 16.1. The van der Waals surface area contributed by atoms with Crippen molar-refractivity contribution in [3.8, 4) is 0 Å². The molecule has 5 heteroatoms. The summed E-state index contributed by atoms with van der Waals surface area (Å²) >= 11 is 0. The van der Waals surface area contributed by atoms with Crippen LogP contribution < -0.4 is 5.32 Å². The fourth-order valence-electron chi connectivity index (χ4n) is 1.75. The molecule has 0 saturated carbocycles. The van der Waals surface area contributed by atoms with Gasteiger partial charge in [-0.1, -0.05) is 19.1 Å². The van der Waals surface area contributed by atoms with Gasteiger partial charge in [0.15, 0.2) is 0 Å². The maximum atomic E-state index is 12.8. The highest BCUT2D eigenvalue weighted by atomic mass is 19.1. The van der Waals surface area contributed by atoms with E-state index in [1.807, 2.05) is 6.92 Å². The van der Waals surface area contributed by atoms with Crippen LogP contribution in [0.5, 0.6) is 0 Å². The lowest BCUT2D eigenvalue weighted by molar-refractivity contribution is -0.130. The van der Waals surface area contributed by atoms with Crippen molar-refractivity contribution in [2.75, 3.05) is 13.1 Å². The van der Waals surface area contributed by atoms with Crippen molar-refractivity contribution in [2.24, 2.45) is 0 Å². The topological polar surface area (TPSA) is 49.4 Å². The van der Waals surface area contributed by atoms with Crippen LogP contribution in [0.15, 0.2) is 24.3 Å². The normalized spacial score (nSPS) is 10.2. The van der Waals surface area contributed by atoms with E-state index >= 15 is 0 Å². The fraction of sp³-hybridized carbons (Fsp3) is 0.467. The standard InChI is InChI=1S/C15H21FN2O2/c1-3-9-17-15(20)8-10-18(12(2)19)11-13-4-6-14(16)7-5-13/h4-7H,3,8-11H2,1-2H3,(H,17,20). The summed E-state index contributed by atoms with van der Waals surface area (Å²) in [6.07, 6.45) is 1.17. The number of hydrogen-bond donors (Lipinski definition) is 1. The molecule has 0 aliphatic carbocycles. The van der Waals surface area contributed by atoms with Gasteiger partial charge >= 0.3 is 0 Å². The molecule has 0 aliphatic heterocycles. The molecule has 1 N–H and O–H groups in total. The van der Waals surface area contributed by atoms with Crippen molar-refractivity contribution in [2.45, 2.75) is 33.2 Å². The fourth-order valence-corrected chi connectivity index (χ4v) is 1.75. The number of carbonyl (C=O) groups excluding carboxylic acids is 2. The van der Waals surface area contributed by atoms with Gasteiger partial charge in [-0.25, -0.2) is 4.39 Å². The molecule has 0 atom stereocenters. The van der Waals surface area contributed by atoms with E-state index in [0.717, 1.165) is 12.0 Å². The number of hydrogen-bond acceptors (Lipinski definition) is 2. The molecule has 4 nitrogen and oxygen atoms in total. The van der Waals surface area contributed by atoms with E-state index in [-0.39, 0.29) is 24.1 Å². The molecule has 0 spiro atoms. The molecular weight excluding hydrogens is 259 g/mol. The highest BCUT2D eigenvalue weighted by Crippen LogP contribution is 2.07. The first-order valence-corrected chi connectivity index (χ1v) is 6.79. The maximum Gasteiger partial charge on any atom is 0.221 e. The van der Waals surface area contributed by atoms with Gasteiger partial charge in [-0.15, -0.1) is 0 Å². The first-order chi connectivity index (χ1) is 9.52. The molecule has 1 rings (SSSR count). The van der Waals surface area contributed by atoms with Gasteiger partial charge in [0.25, 0.3) is 0 Å². The van der Waals surface area contributed by atoms with Gasteiger partial charge in [0.05, 0.1) is 0 Å². The predicted octanol–water partition coefficient (Wildman–Crippen LogP) is 2.09. The van der Waals surface area contributed by atoms with E-state index in [1.54, 1.807) is 17.0 Å². The number of halogens is 1. The molecule has 1 aromatic rings. The third kappa shape index (κ3) is 5.82. The Morgan fingerprint density at radius 3 is 2.45 bits per heavy atom. The second-order valence-corrected chi connectivity index (χ2v) is 4.67. The molecule has 0 fully saturated rings. The Labute approximate surface area is 119 Å². The predicted molar refractivity (Wildman–Crippen MR) is 75.4 cm³/mol. The lowest BCUT2D eigenvalue weighted by Gasteiger charge is -2.21. The molecule has 0 radical (unpaired) electrons. The lowest BCUT2D eigenvalue weighted by atomic mass is 10.2. The Morgan fingerprint density at radius 2 is 1.90 bits per heavy atom. The minimum absolute atomic E-state index is 0.0581. The average molecular weight is 280 g/mol.